The van der Waals surface area contributed by atoms with Crippen LogP contribution in [-0.4, -0.2) is 12.5 Å². The molecule has 1 fully saturated rings. The molecule has 1 rings (SSSR count). The first-order valence-corrected chi connectivity index (χ1v) is 6.31. The summed E-state index contributed by atoms with van der Waals surface area (Å²) in [5, 5.41) is 2.91. The van der Waals surface area contributed by atoms with Gasteiger partial charge in [-0.15, -0.1) is 6.58 Å². The highest BCUT2D eigenvalue weighted by Gasteiger charge is 2.31. The van der Waals surface area contributed by atoms with E-state index in [-0.39, 0.29) is 11.8 Å². The Morgan fingerprint density at radius 3 is 2.56 bits per heavy atom. The molecular formula is C14H27NO. The number of carbonyl (C=O) groups excluding carboxylic acids is 1. The Labute approximate surface area is 101 Å². The first-order valence-electron chi connectivity index (χ1n) is 6.31. The van der Waals surface area contributed by atoms with Crippen LogP contribution in [0.1, 0.15) is 53.4 Å². The average molecular weight is 225 g/mol. The molecule has 1 N–H and O–H groups in total. The summed E-state index contributed by atoms with van der Waals surface area (Å²) in [7, 11) is 0. The molecule has 0 aliphatic heterocycles. The van der Waals surface area contributed by atoms with Gasteiger partial charge in [0.1, 0.15) is 0 Å². The van der Waals surface area contributed by atoms with Gasteiger partial charge >= 0.3 is 0 Å². The number of amides is 1. The molecule has 0 aromatic rings. The molecule has 2 heteroatoms. The van der Waals surface area contributed by atoms with Crippen molar-refractivity contribution in [3.05, 3.63) is 12.7 Å². The van der Waals surface area contributed by atoms with E-state index in [1.807, 2.05) is 13.8 Å². The SMILES string of the molecule is C=CC.CCNC(=O)C1CCCC(C)(C)C1. The van der Waals surface area contributed by atoms with Gasteiger partial charge in [0.2, 0.25) is 5.91 Å². The molecule has 1 unspecified atom stereocenters. The summed E-state index contributed by atoms with van der Waals surface area (Å²) in [6.45, 7) is 12.5. The van der Waals surface area contributed by atoms with Gasteiger partial charge in [0.15, 0.2) is 0 Å². The van der Waals surface area contributed by atoms with Crippen molar-refractivity contribution in [3.8, 4) is 0 Å². The number of nitrogens with one attached hydrogen (secondary N) is 1. The quantitative estimate of drug-likeness (QED) is 0.716. The second-order valence-electron chi connectivity index (χ2n) is 5.26. The van der Waals surface area contributed by atoms with Gasteiger partial charge < -0.3 is 5.32 Å². The minimum absolute atomic E-state index is 0.260. The van der Waals surface area contributed by atoms with E-state index in [2.05, 4.69) is 25.7 Å². The van der Waals surface area contributed by atoms with Crippen LogP contribution in [0.5, 0.6) is 0 Å². The zero-order valence-electron chi connectivity index (χ0n) is 11.3. The maximum Gasteiger partial charge on any atom is 0.223 e. The Bertz CT molecular complexity index is 221. The first kappa shape index (κ1) is 15.2. The zero-order chi connectivity index (χ0) is 12.6. The fourth-order valence-electron chi connectivity index (χ4n) is 2.24. The monoisotopic (exact) mass is 225 g/mol. The predicted octanol–water partition coefficient (Wildman–Crippen LogP) is 3.53. The van der Waals surface area contributed by atoms with E-state index in [9.17, 15) is 4.79 Å². The Balaban J connectivity index is 0.000000673. The van der Waals surface area contributed by atoms with Crippen molar-refractivity contribution in [2.45, 2.75) is 53.4 Å². The zero-order valence-corrected chi connectivity index (χ0v) is 11.3. The Hall–Kier alpha value is -0.790. The highest BCUT2D eigenvalue weighted by Crippen LogP contribution is 2.38. The van der Waals surface area contributed by atoms with Crippen molar-refractivity contribution in [1.29, 1.82) is 0 Å². The van der Waals surface area contributed by atoms with Crippen molar-refractivity contribution >= 4 is 5.91 Å². The molecule has 0 aromatic carbocycles. The smallest absolute Gasteiger partial charge is 0.223 e. The fourth-order valence-corrected chi connectivity index (χ4v) is 2.24. The normalized spacial score (nSPS) is 22.6. The van der Waals surface area contributed by atoms with Gasteiger partial charge in [0.05, 0.1) is 0 Å². The van der Waals surface area contributed by atoms with Gasteiger partial charge in [-0.1, -0.05) is 26.3 Å². The lowest BCUT2D eigenvalue weighted by Crippen LogP contribution is -2.35. The van der Waals surface area contributed by atoms with E-state index < -0.39 is 0 Å². The maximum atomic E-state index is 11.6. The molecule has 1 aliphatic rings. The Morgan fingerprint density at radius 2 is 2.12 bits per heavy atom. The molecule has 0 spiro atoms. The van der Waals surface area contributed by atoms with Crippen LogP contribution in [-0.2, 0) is 4.79 Å². The molecule has 0 heterocycles. The van der Waals surface area contributed by atoms with Crippen molar-refractivity contribution in [2.75, 3.05) is 6.54 Å². The number of carbonyl (C=O) groups is 1. The summed E-state index contributed by atoms with van der Waals surface area (Å²) in [6.07, 6.45) is 6.35. The molecule has 94 valence electrons. The van der Waals surface area contributed by atoms with Crippen LogP contribution in [0.25, 0.3) is 0 Å². The van der Waals surface area contributed by atoms with Crippen LogP contribution in [0.2, 0.25) is 0 Å². The van der Waals surface area contributed by atoms with Crippen molar-refractivity contribution < 1.29 is 4.79 Å². The molecule has 1 amide bonds. The minimum atomic E-state index is 0.260. The van der Waals surface area contributed by atoms with Gasteiger partial charge in [-0.2, -0.15) is 0 Å². The van der Waals surface area contributed by atoms with Crippen LogP contribution in [0, 0.1) is 11.3 Å². The molecule has 0 radical (unpaired) electrons. The lowest BCUT2D eigenvalue weighted by atomic mass is 9.72. The van der Waals surface area contributed by atoms with E-state index in [0.29, 0.717) is 5.41 Å². The average Bonchev–Trinajstić information content (AvgIpc) is 2.17. The third-order valence-electron chi connectivity index (χ3n) is 2.93. The van der Waals surface area contributed by atoms with Crippen LogP contribution < -0.4 is 5.32 Å². The molecule has 0 bridgehead atoms. The second-order valence-corrected chi connectivity index (χ2v) is 5.26. The van der Waals surface area contributed by atoms with Crippen molar-refractivity contribution in [3.63, 3.8) is 0 Å². The van der Waals surface area contributed by atoms with Crippen LogP contribution in [0.4, 0.5) is 0 Å². The first-order chi connectivity index (χ1) is 7.46. The second kappa shape index (κ2) is 7.48. The minimum Gasteiger partial charge on any atom is -0.356 e. The highest BCUT2D eigenvalue weighted by molar-refractivity contribution is 5.78. The molecule has 1 atom stereocenters. The molecule has 1 saturated carbocycles. The van der Waals surface area contributed by atoms with E-state index in [1.165, 1.54) is 12.8 Å². The van der Waals surface area contributed by atoms with Crippen LogP contribution in [0.3, 0.4) is 0 Å². The van der Waals surface area contributed by atoms with Gasteiger partial charge in [-0.3, -0.25) is 4.79 Å². The van der Waals surface area contributed by atoms with Gasteiger partial charge in [0.25, 0.3) is 0 Å². The Kier molecular flexibility index (Phi) is 7.11. The Morgan fingerprint density at radius 1 is 1.56 bits per heavy atom. The standard InChI is InChI=1S/C11H21NO.C3H6/c1-4-12-10(13)9-6-5-7-11(2,3)8-9;1-3-2/h9H,4-8H2,1-3H3,(H,12,13);3H,1H2,2H3. The number of allylic oxidation sites excluding steroid dienone is 1. The largest absolute Gasteiger partial charge is 0.356 e. The lowest BCUT2D eigenvalue weighted by Gasteiger charge is -2.34. The highest BCUT2D eigenvalue weighted by atomic mass is 16.1. The maximum absolute atomic E-state index is 11.6. The number of hydrogen-bond donors (Lipinski definition) is 1. The van der Waals surface area contributed by atoms with Crippen molar-refractivity contribution in [1.82, 2.24) is 5.32 Å². The van der Waals surface area contributed by atoms with Crippen LogP contribution in [0.15, 0.2) is 12.7 Å². The third kappa shape index (κ3) is 5.94. The molecule has 0 saturated heterocycles. The van der Waals surface area contributed by atoms with E-state index >= 15 is 0 Å². The lowest BCUT2D eigenvalue weighted by molar-refractivity contribution is -0.127. The summed E-state index contributed by atoms with van der Waals surface area (Å²) in [4.78, 5) is 11.6. The summed E-state index contributed by atoms with van der Waals surface area (Å²) >= 11 is 0. The number of rotatable bonds is 2. The summed E-state index contributed by atoms with van der Waals surface area (Å²) in [5.41, 5.74) is 0.369. The molecular weight excluding hydrogens is 198 g/mol. The summed E-state index contributed by atoms with van der Waals surface area (Å²) in [5.74, 6) is 0.527. The third-order valence-corrected chi connectivity index (χ3v) is 2.93. The summed E-state index contributed by atoms with van der Waals surface area (Å²) < 4.78 is 0. The van der Waals surface area contributed by atoms with E-state index in [1.54, 1.807) is 6.08 Å². The molecule has 1 aliphatic carbocycles. The molecule has 0 aromatic heterocycles. The molecule has 2 nitrogen and oxygen atoms in total. The van der Waals surface area contributed by atoms with Gasteiger partial charge in [-0.05, 0) is 38.5 Å². The number of hydrogen-bond acceptors (Lipinski definition) is 1. The summed E-state index contributed by atoms with van der Waals surface area (Å²) in [6, 6.07) is 0. The van der Waals surface area contributed by atoms with Crippen LogP contribution >= 0.6 is 0 Å². The van der Waals surface area contributed by atoms with Gasteiger partial charge in [0, 0.05) is 12.5 Å². The fraction of sp³-hybridized carbons (Fsp3) is 0.786. The van der Waals surface area contributed by atoms with Gasteiger partial charge in [-0.25, -0.2) is 0 Å². The molecule has 16 heavy (non-hydrogen) atoms. The van der Waals surface area contributed by atoms with E-state index in [4.69, 9.17) is 0 Å². The topological polar surface area (TPSA) is 29.1 Å². The van der Waals surface area contributed by atoms with Crippen molar-refractivity contribution in [2.24, 2.45) is 11.3 Å². The van der Waals surface area contributed by atoms with E-state index in [0.717, 1.165) is 19.4 Å². The predicted molar refractivity (Wildman–Crippen MR) is 70.3 cm³/mol.